The standard InChI is InChI=1S/C13H12N2O3/c1-8(16)11-7-12(15(2)14-11)9-5-3-4-6-10(9)13(17)18/h3-7H,1-2H3,(H,17,18). The Bertz CT molecular complexity index is 629. The van der Waals surface area contributed by atoms with Crippen LogP contribution in [0.15, 0.2) is 30.3 Å². The van der Waals surface area contributed by atoms with Crippen molar-refractivity contribution in [3.8, 4) is 11.3 Å². The van der Waals surface area contributed by atoms with Crippen LogP contribution in [0.2, 0.25) is 0 Å². The highest BCUT2D eigenvalue weighted by molar-refractivity contribution is 5.97. The fourth-order valence-electron chi connectivity index (χ4n) is 1.78. The van der Waals surface area contributed by atoms with Crippen LogP contribution >= 0.6 is 0 Å². The van der Waals surface area contributed by atoms with E-state index in [4.69, 9.17) is 5.11 Å². The third-order valence-electron chi connectivity index (χ3n) is 2.67. The van der Waals surface area contributed by atoms with E-state index in [1.807, 2.05) is 0 Å². The molecule has 0 saturated carbocycles. The summed E-state index contributed by atoms with van der Waals surface area (Å²) in [5.74, 6) is -1.15. The summed E-state index contributed by atoms with van der Waals surface area (Å²) in [5, 5.41) is 13.2. The van der Waals surface area contributed by atoms with Crippen molar-refractivity contribution in [2.24, 2.45) is 7.05 Å². The lowest BCUT2D eigenvalue weighted by Crippen LogP contribution is -2.02. The number of aromatic nitrogens is 2. The smallest absolute Gasteiger partial charge is 0.336 e. The largest absolute Gasteiger partial charge is 0.478 e. The molecule has 0 unspecified atom stereocenters. The number of carbonyl (C=O) groups is 2. The van der Waals surface area contributed by atoms with Gasteiger partial charge >= 0.3 is 5.97 Å². The second-order valence-corrected chi connectivity index (χ2v) is 3.95. The fourth-order valence-corrected chi connectivity index (χ4v) is 1.78. The highest BCUT2D eigenvalue weighted by atomic mass is 16.4. The number of nitrogens with zero attached hydrogens (tertiary/aromatic N) is 2. The quantitative estimate of drug-likeness (QED) is 0.838. The molecule has 0 spiro atoms. The summed E-state index contributed by atoms with van der Waals surface area (Å²) in [7, 11) is 1.68. The van der Waals surface area contributed by atoms with Gasteiger partial charge in [0.1, 0.15) is 5.69 Å². The molecule has 2 aromatic rings. The monoisotopic (exact) mass is 244 g/mol. The lowest BCUT2D eigenvalue weighted by molar-refractivity contribution is 0.0697. The van der Waals surface area contributed by atoms with Crippen LogP contribution in [0.5, 0.6) is 0 Å². The zero-order valence-corrected chi connectivity index (χ0v) is 10.0. The molecule has 0 aliphatic carbocycles. The van der Waals surface area contributed by atoms with E-state index in [0.29, 0.717) is 17.0 Å². The second kappa shape index (κ2) is 4.44. The molecule has 1 N–H and O–H groups in total. The van der Waals surface area contributed by atoms with Crippen LogP contribution in [0.1, 0.15) is 27.8 Å². The molecule has 0 aliphatic rings. The molecule has 5 heteroatoms. The molecule has 5 nitrogen and oxygen atoms in total. The zero-order chi connectivity index (χ0) is 13.3. The Morgan fingerprint density at radius 2 is 1.94 bits per heavy atom. The molecule has 2 rings (SSSR count). The Kier molecular flexibility index (Phi) is 2.97. The number of benzene rings is 1. The van der Waals surface area contributed by atoms with Gasteiger partial charge < -0.3 is 5.11 Å². The van der Waals surface area contributed by atoms with E-state index in [-0.39, 0.29) is 11.3 Å². The first-order valence-electron chi connectivity index (χ1n) is 5.38. The minimum atomic E-state index is -1.00. The Balaban J connectivity index is 2.62. The Hall–Kier alpha value is -2.43. The summed E-state index contributed by atoms with van der Waals surface area (Å²) in [4.78, 5) is 22.4. The van der Waals surface area contributed by atoms with E-state index in [0.717, 1.165) is 0 Å². The Morgan fingerprint density at radius 3 is 2.50 bits per heavy atom. The van der Waals surface area contributed by atoms with Crippen LogP contribution in [0.25, 0.3) is 11.3 Å². The topological polar surface area (TPSA) is 72.2 Å². The summed E-state index contributed by atoms with van der Waals surface area (Å²) < 4.78 is 1.51. The summed E-state index contributed by atoms with van der Waals surface area (Å²) in [6, 6.07) is 8.24. The molecule has 0 saturated heterocycles. The molecule has 0 atom stereocenters. The summed E-state index contributed by atoms with van der Waals surface area (Å²) in [5.41, 5.74) is 1.67. The van der Waals surface area contributed by atoms with Crippen LogP contribution in [0.4, 0.5) is 0 Å². The first kappa shape index (κ1) is 12.0. The maximum atomic E-state index is 11.3. The van der Waals surface area contributed by atoms with E-state index in [1.54, 1.807) is 31.3 Å². The van der Waals surface area contributed by atoms with E-state index in [1.165, 1.54) is 17.7 Å². The van der Waals surface area contributed by atoms with Gasteiger partial charge in [0, 0.05) is 19.5 Å². The summed E-state index contributed by atoms with van der Waals surface area (Å²) in [6.45, 7) is 1.43. The van der Waals surface area contributed by atoms with Crippen molar-refractivity contribution in [1.29, 1.82) is 0 Å². The number of hydrogen-bond donors (Lipinski definition) is 1. The number of Topliss-reactive ketones (excluding diaryl/α,β-unsaturated/α-hetero) is 1. The molecule has 0 bridgehead atoms. The van der Waals surface area contributed by atoms with Gasteiger partial charge in [0.15, 0.2) is 5.78 Å². The highest BCUT2D eigenvalue weighted by Crippen LogP contribution is 2.24. The predicted molar refractivity (Wildman–Crippen MR) is 65.6 cm³/mol. The molecule has 92 valence electrons. The van der Waals surface area contributed by atoms with Crippen molar-refractivity contribution in [3.05, 3.63) is 41.6 Å². The minimum absolute atomic E-state index is 0.148. The first-order valence-corrected chi connectivity index (χ1v) is 5.38. The molecule has 1 aromatic heterocycles. The molecule has 1 aromatic carbocycles. The van der Waals surface area contributed by atoms with Crippen LogP contribution in [0, 0.1) is 0 Å². The second-order valence-electron chi connectivity index (χ2n) is 3.95. The Morgan fingerprint density at radius 1 is 1.28 bits per heavy atom. The normalized spacial score (nSPS) is 10.3. The number of carboxylic acid groups (broad SMARTS) is 1. The van der Waals surface area contributed by atoms with E-state index in [9.17, 15) is 9.59 Å². The van der Waals surface area contributed by atoms with Crippen molar-refractivity contribution < 1.29 is 14.7 Å². The number of aromatic carboxylic acids is 1. The van der Waals surface area contributed by atoms with Crippen molar-refractivity contribution in [2.45, 2.75) is 6.92 Å². The maximum Gasteiger partial charge on any atom is 0.336 e. The lowest BCUT2D eigenvalue weighted by atomic mass is 10.0. The van der Waals surface area contributed by atoms with Gasteiger partial charge in [-0.1, -0.05) is 18.2 Å². The van der Waals surface area contributed by atoms with E-state index in [2.05, 4.69) is 5.10 Å². The van der Waals surface area contributed by atoms with Gasteiger partial charge in [0.05, 0.1) is 11.3 Å². The summed E-state index contributed by atoms with van der Waals surface area (Å²) >= 11 is 0. The maximum absolute atomic E-state index is 11.3. The van der Waals surface area contributed by atoms with Crippen molar-refractivity contribution in [3.63, 3.8) is 0 Å². The fraction of sp³-hybridized carbons (Fsp3) is 0.154. The number of hydrogen-bond acceptors (Lipinski definition) is 3. The molecule has 0 radical (unpaired) electrons. The van der Waals surface area contributed by atoms with Gasteiger partial charge in [-0.2, -0.15) is 5.10 Å². The van der Waals surface area contributed by atoms with Gasteiger partial charge in [-0.25, -0.2) is 4.79 Å². The molecule has 0 aliphatic heterocycles. The number of rotatable bonds is 3. The van der Waals surface area contributed by atoms with Crippen molar-refractivity contribution >= 4 is 11.8 Å². The number of carboxylic acids is 1. The molecule has 18 heavy (non-hydrogen) atoms. The van der Waals surface area contributed by atoms with Gasteiger partial charge in [-0.15, -0.1) is 0 Å². The molecule has 1 heterocycles. The van der Waals surface area contributed by atoms with Crippen LogP contribution in [0.3, 0.4) is 0 Å². The first-order chi connectivity index (χ1) is 8.50. The molecule has 0 fully saturated rings. The predicted octanol–water partition coefficient (Wildman–Crippen LogP) is 1.99. The highest BCUT2D eigenvalue weighted by Gasteiger charge is 2.16. The van der Waals surface area contributed by atoms with E-state index >= 15 is 0 Å². The summed E-state index contributed by atoms with van der Waals surface area (Å²) in [6.07, 6.45) is 0. The van der Waals surface area contributed by atoms with Gasteiger partial charge in [0.25, 0.3) is 0 Å². The SMILES string of the molecule is CC(=O)c1cc(-c2ccccc2C(=O)O)n(C)n1. The van der Waals surface area contributed by atoms with Crippen LogP contribution < -0.4 is 0 Å². The van der Waals surface area contributed by atoms with Crippen LogP contribution in [-0.4, -0.2) is 26.6 Å². The number of aryl methyl sites for hydroxylation is 1. The van der Waals surface area contributed by atoms with E-state index < -0.39 is 5.97 Å². The van der Waals surface area contributed by atoms with Crippen LogP contribution in [-0.2, 0) is 7.05 Å². The average Bonchev–Trinajstić information content (AvgIpc) is 2.71. The Labute approximate surface area is 104 Å². The number of carbonyl (C=O) groups excluding carboxylic acids is 1. The zero-order valence-electron chi connectivity index (χ0n) is 10.0. The van der Waals surface area contributed by atoms with Crippen molar-refractivity contribution in [2.75, 3.05) is 0 Å². The van der Waals surface area contributed by atoms with Gasteiger partial charge in [-0.05, 0) is 12.1 Å². The number of ketones is 1. The van der Waals surface area contributed by atoms with Crippen molar-refractivity contribution in [1.82, 2.24) is 9.78 Å². The third-order valence-corrected chi connectivity index (χ3v) is 2.67. The molecule has 0 amide bonds. The average molecular weight is 244 g/mol. The third kappa shape index (κ3) is 2.02. The lowest BCUT2D eigenvalue weighted by Gasteiger charge is -2.05. The molecular formula is C13H12N2O3. The van der Waals surface area contributed by atoms with Gasteiger partial charge in [-0.3, -0.25) is 9.48 Å². The molecular weight excluding hydrogens is 232 g/mol. The van der Waals surface area contributed by atoms with Gasteiger partial charge in [0.2, 0.25) is 0 Å². The minimum Gasteiger partial charge on any atom is -0.478 e.